The third kappa shape index (κ3) is 4.36. The first-order valence-electron chi connectivity index (χ1n) is 11.3. The van der Waals surface area contributed by atoms with E-state index in [-0.39, 0.29) is 5.91 Å². The minimum Gasteiger partial charge on any atom is -0.384 e. The first-order valence-corrected chi connectivity index (χ1v) is 12.1. The topological polar surface area (TPSA) is 123 Å². The van der Waals surface area contributed by atoms with Crippen LogP contribution in [0.3, 0.4) is 0 Å². The molecule has 0 spiro atoms. The number of aromatic nitrogens is 4. The lowest BCUT2D eigenvalue weighted by Gasteiger charge is -2.25. The fourth-order valence-corrected chi connectivity index (χ4v) is 5.22. The Kier molecular flexibility index (Phi) is 6.30. The highest BCUT2D eigenvalue weighted by molar-refractivity contribution is 7.99. The molecule has 4 aromatic rings. The van der Waals surface area contributed by atoms with Crippen molar-refractivity contribution in [2.24, 2.45) is 0 Å². The quantitative estimate of drug-likeness (QED) is 0.445. The highest BCUT2D eigenvalue weighted by atomic mass is 32.2. The van der Waals surface area contributed by atoms with Gasteiger partial charge in [-0.05, 0) is 38.0 Å². The normalized spacial score (nSPS) is 14.2. The Morgan fingerprint density at radius 3 is 2.67 bits per heavy atom. The van der Waals surface area contributed by atoms with Crippen LogP contribution in [0.1, 0.15) is 30.9 Å². The largest absolute Gasteiger partial charge is 0.384 e. The first kappa shape index (κ1) is 23.4. The van der Waals surface area contributed by atoms with Gasteiger partial charge in [-0.2, -0.15) is 20.7 Å². The molecule has 3 aromatic heterocycles. The fraction of sp³-hybridized carbons (Fsp3) is 0.192. The summed E-state index contributed by atoms with van der Waals surface area (Å²) in [5, 5.41) is 37.7. The summed E-state index contributed by atoms with van der Waals surface area (Å²) < 4.78 is 3.41. The molecule has 178 valence electrons. The van der Waals surface area contributed by atoms with E-state index in [0.717, 1.165) is 39.5 Å². The van der Waals surface area contributed by atoms with Crippen molar-refractivity contribution >= 4 is 28.9 Å². The van der Waals surface area contributed by atoms with Crippen LogP contribution in [0.4, 0.5) is 0 Å². The minimum absolute atomic E-state index is 0.337. The van der Waals surface area contributed by atoms with Crippen LogP contribution in [-0.4, -0.2) is 48.0 Å². The van der Waals surface area contributed by atoms with E-state index in [1.807, 2.05) is 36.7 Å². The molecule has 1 aliphatic rings. The molecule has 5 rings (SSSR count). The van der Waals surface area contributed by atoms with Gasteiger partial charge >= 0.3 is 0 Å². The molecular weight excluding hydrogens is 474 g/mol. The molecule has 36 heavy (non-hydrogen) atoms. The lowest BCUT2D eigenvalue weighted by molar-refractivity contribution is -0.136. The van der Waals surface area contributed by atoms with Gasteiger partial charge < -0.3 is 10.0 Å². The van der Waals surface area contributed by atoms with Gasteiger partial charge in [0.15, 0.2) is 0 Å². The van der Waals surface area contributed by atoms with Crippen LogP contribution in [0.15, 0.2) is 71.1 Å². The van der Waals surface area contributed by atoms with Crippen molar-refractivity contribution < 1.29 is 9.90 Å². The molecule has 9 nitrogen and oxygen atoms in total. The molecular formula is C26H21N7O2S. The Hall–Kier alpha value is -4.38. The second kappa shape index (κ2) is 9.70. The van der Waals surface area contributed by atoms with Crippen molar-refractivity contribution in [1.82, 2.24) is 24.3 Å². The monoisotopic (exact) mass is 495 g/mol. The summed E-state index contributed by atoms with van der Waals surface area (Å²) in [6, 6.07) is 13.7. The SMILES string of the molecule is C[C@@H](O)C(=O)N1C=C(n2cc(-c3cc(Sc4ccccc4C#N)c4c(C#N)cnn4c3)cn2)CCC1. The molecule has 0 saturated carbocycles. The summed E-state index contributed by atoms with van der Waals surface area (Å²) >= 11 is 1.41. The molecule has 1 aromatic carbocycles. The Labute approximate surface area is 211 Å². The number of allylic oxidation sites excluding steroid dienone is 1. The number of aliphatic hydroxyl groups is 1. The van der Waals surface area contributed by atoms with Crippen molar-refractivity contribution in [1.29, 1.82) is 10.5 Å². The number of fused-ring (bicyclic) bond motifs is 1. The fourth-order valence-electron chi connectivity index (χ4n) is 4.12. The van der Waals surface area contributed by atoms with Gasteiger partial charge in [0.05, 0.1) is 34.7 Å². The molecule has 1 amide bonds. The molecule has 10 heteroatoms. The van der Waals surface area contributed by atoms with Crippen LogP contribution in [0.25, 0.3) is 22.3 Å². The van der Waals surface area contributed by atoms with Gasteiger partial charge in [0.2, 0.25) is 0 Å². The molecule has 4 heterocycles. The predicted octanol–water partition coefficient (Wildman–Crippen LogP) is 3.89. The van der Waals surface area contributed by atoms with Crippen molar-refractivity contribution in [2.75, 3.05) is 6.54 Å². The standard InChI is InChI=1S/C26H21N7O2S/c1-17(34)26(35)31-8-4-6-22(16-31)32-15-21(13-29-32)19-9-24(25-20(11-28)12-30-33(25)14-19)36-23-7-3-2-5-18(23)10-27/h2-3,5,7,9,12-17,34H,4,6,8H2,1H3/t17-/m1/s1. The summed E-state index contributed by atoms with van der Waals surface area (Å²) in [5.41, 5.74) is 4.20. The molecule has 0 radical (unpaired) electrons. The molecule has 0 bridgehead atoms. The van der Waals surface area contributed by atoms with E-state index in [1.54, 1.807) is 27.7 Å². The van der Waals surface area contributed by atoms with Gasteiger partial charge in [-0.1, -0.05) is 23.9 Å². The summed E-state index contributed by atoms with van der Waals surface area (Å²) in [6.07, 6.45) is 9.20. The van der Waals surface area contributed by atoms with Crippen LogP contribution >= 0.6 is 11.8 Å². The summed E-state index contributed by atoms with van der Waals surface area (Å²) in [7, 11) is 0. The maximum atomic E-state index is 12.2. The van der Waals surface area contributed by atoms with Gasteiger partial charge in [-0.15, -0.1) is 0 Å². The van der Waals surface area contributed by atoms with Crippen LogP contribution in [0.2, 0.25) is 0 Å². The maximum Gasteiger partial charge on any atom is 0.255 e. The van der Waals surface area contributed by atoms with Crippen LogP contribution in [-0.2, 0) is 4.79 Å². The lowest BCUT2D eigenvalue weighted by Crippen LogP contribution is -2.36. The third-order valence-electron chi connectivity index (χ3n) is 5.91. The van der Waals surface area contributed by atoms with Gasteiger partial charge in [-0.25, -0.2) is 9.20 Å². The van der Waals surface area contributed by atoms with E-state index in [0.29, 0.717) is 23.2 Å². The third-order valence-corrected chi connectivity index (χ3v) is 7.02. The molecule has 0 fully saturated rings. The smallest absolute Gasteiger partial charge is 0.255 e. The molecule has 1 aliphatic heterocycles. The van der Waals surface area contributed by atoms with Crippen molar-refractivity contribution in [3.63, 3.8) is 0 Å². The molecule has 1 atom stereocenters. The van der Waals surface area contributed by atoms with Crippen molar-refractivity contribution in [2.45, 2.75) is 35.7 Å². The summed E-state index contributed by atoms with van der Waals surface area (Å²) in [6.45, 7) is 2.02. The second-order valence-electron chi connectivity index (χ2n) is 8.37. The number of amides is 1. The van der Waals surface area contributed by atoms with Gasteiger partial charge in [0.25, 0.3) is 5.91 Å². The summed E-state index contributed by atoms with van der Waals surface area (Å²) in [4.78, 5) is 15.3. The van der Waals surface area contributed by atoms with E-state index in [4.69, 9.17) is 0 Å². The second-order valence-corrected chi connectivity index (χ2v) is 9.46. The van der Waals surface area contributed by atoms with Gasteiger partial charge in [0, 0.05) is 46.1 Å². The van der Waals surface area contributed by atoms with E-state index >= 15 is 0 Å². The molecule has 0 saturated heterocycles. The van der Waals surface area contributed by atoms with Gasteiger partial charge in [0.1, 0.15) is 18.2 Å². The van der Waals surface area contributed by atoms with Gasteiger partial charge in [-0.3, -0.25) is 4.79 Å². The number of rotatable bonds is 5. The maximum absolute atomic E-state index is 12.2. The molecule has 0 unspecified atom stereocenters. The number of aliphatic hydroxyl groups excluding tert-OH is 1. The average Bonchev–Trinajstić information content (AvgIpc) is 3.56. The Balaban J connectivity index is 1.54. The van der Waals surface area contributed by atoms with E-state index in [9.17, 15) is 20.4 Å². The molecule has 1 N–H and O–H groups in total. The predicted molar refractivity (Wildman–Crippen MR) is 133 cm³/mol. The van der Waals surface area contributed by atoms with Crippen molar-refractivity contribution in [3.8, 4) is 23.3 Å². The molecule has 0 aliphatic carbocycles. The Morgan fingerprint density at radius 1 is 1.08 bits per heavy atom. The number of pyridine rings is 1. The summed E-state index contributed by atoms with van der Waals surface area (Å²) in [5.74, 6) is -0.337. The number of carbonyl (C=O) groups is 1. The minimum atomic E-state index is -1.06. The lowest BCUT2D eigenvalue weighted by atomic mass is 10.1. The van der Waals surface area contributed by atoms with E-state index < -0.39 is 6.10 Å². The van der Waals surface area contributed by atoms with Crippen molar-refractivity contribution in [3.05, 3.63) is 72.4 Å². The van der Waals surface area contributed by atoms with E-state index in [1.165, 1.54) is 29.8 Å². The number of nitrogens with zero attached hydrogens (tertiary/aromatic N) is 7. The first-order chi connectivity index (χ1) is 17.5. The van der Waals surface area contributed by atoms with Crippen LogP contribution in [0, 0.1) is 22.7 Å². The Morgan fingerprint density at radius 2 is 1.89 bits per heavy atom. The van der Waals surface area contributed by atoms with Crippen LogP contribution in [0.5, 0.6) is 0 Å². The number of hydrogen-bond acceptors (Lipinski definition) is 7. The zero-order chi connectivity index (χ0) is 25.2. The number of nitriles is 2. The van der Waals surface area contributed by atoms with Crippen LogP contribution < -0.4 is 0 Å². The Bertz CT molecular complexity index is 1590. The number of carbonyl (C=O) groups excluding carboxylic acids is 1. The zero-order valence-corrected chi connectivity index (χ0v) is 20.2. The highest BCUT2D eigenvalue weighted by Crippen LogP contribution is 2.37. The zero-order valence-electron chi connectivity index (χ0n) is 19.4. The number of benzene rings is 1. The number of hydrogen-bond donors (Lipinski definition) is 1. The van der Waals surface area contributed by atoms with E-state index in [2.05, 4.69) is 22.3 Å². The highest BCUT2D eigenvalue weighted by Gasteiger charge is 2.22. The average molecular weight is 496 g/mol.